The molecule has 29 heavy (non-hydrogen) atoms. The number of aromatic amines is 1. The molecular formula is C22H32N4O3. The number of nitrogens with zero attached hydrogens (tertiary/aromatic N) is 1. The first-order chi connectivity index (χ1) is 13.8. The number of ether oxygens (including phenoxy) is 1. The van der Waals surface area contributed by atoms with Crippen LogP contribution in [-0.2, 0) is 16.0 Å². The minimum atomic E-state index is -0.539. The van der Waals surface area contributed by atoms with Gasteiger partial charge in [0.25, 0.3) is 0 Å². The summed E-state index contributed by atoms with van der Waals surface area (Å²) < 4.78 is 5.31. The van der Waals surface area contributed by atoms with Crippen molar-refractivity contribution in [3.05, 3.63) is 30.1 Å². The lowest BCUT2D eigenvalue weighted by Crippen LogP contribution is -2.48. The molecule has 0 aliphatic heterocycles. The number of benzene rings is 1. The molecule has 0 bridgehead atoms. The Kier molecular flexibility index (Phi) is 6.77. The van der Waals surface area contributed by atoms with Crippen molar-refractivity contribution in [1.82, 2.24) is 20.6 Å². The Morgan fingerprint density at radius 1 is 1.24 bits per heavy atom. The van der Waals surface area contributed by atoms with E-state index in [0.717, 1.165) is 29.7 Å². The van der Waals surface area contributed by atoms with Gasteiger partial charge in [0.1, 0.15) is 11.4 Å². The summed E-state index contributed by atoms with van der Waals surface area (Å²) in [6.07, 6.45) is 4.95. The van der Waals surface area contributed by atoms with E-state index < -0.39 is 11.7 Å². The van der Waals surface area contributed by atoms with Gasteiger partial charge in [-0.1, -0.05) is 25.0 Å². The third kappa shape index (κ3) is 6.48. The van der Waals surface area contributed by atoms with E-state index in [4.69, 9.17) is 4.74 Å². The second-order valence-corrected chi connectivity index (χ2v) is 8.80. The number of carbonyl (C=O) groups is 2. The zero-order valence-electron chi connectivity index (χ0n) is 17.6. The van der Waals surface area contributed by atoms with Gasteiger partial charge in [-0.05, 0) is 51.7 Å². The molecule has 1 aromatic heterocycles. The number of H-pyrrole nitrogens is 1. The molecule has 0 radical (unpaired) electrons. The first-order valence-electron chi connectivity index (χ1n) is 10.5. The predicted molar refractivity (Wildman–Crippen MR) is 113 cm³/mol. The molecule has 2 aromatic rings. The van der Waals surface area contributed by atoms with E-state index >= 15 is 0 Å². The third-order valence-electron chi connectivity index (χ3n) is 5.21. The summed E-state index contributed by atoms with van der Waals surface area (Å²) in [5.41, 5.74) is 1.35. The number of para-hydroxylation sites is 2. The maximum Gasteiger partial charge on any atom is 0.407 e. The molecule has 0 spiro atoms. The van der Waals surface area contributed by atoms with Crippen LogP contribution in [-0.4, -0.2) is 40.2 Å². The van der Waals surface area contributed by atoms with Crippen molar-refractivity contribution in [2.24, 2.45) is 5.92 Å². The number of aryl methyl sites for hydroxylation is 1. The fourth-order valence-corrected chi connectivity index (χ4v) is 3.84. The molecule has 1 aliphatic rings. The maximum absolute atomic E-state index is 12.6. The van der Waals surface area contributed by atoms with E-state index in [0.29, 0.717) is 25.3 Å². The van der Waals surface area contributed by atoms with Crippen LogP contribution in [0.4, 0.5) is 4.79 Å². The van der Waals surface area contributed by atoms with E-state index in [9.17, 15) is 9.59 Å². The molecule has 7 nitrogen and oxygen atoms in total. The molecule has 7 heteroatoms. The van der Waals surface area contributed by atoms with Crippen LogP contribution in [0.15, 0.2) is 24.3 Å². The number of hydrogen-bond acceptors (Lipinski definition) is 4. The summed E-state index contributed by atoms with van der Waals surface area (Å²) in [5.74, 6) is 1.18. The lowest BCUT2D eigenvalue weighted by Gasteiger charge is -2.26. The molecule has 1 fully saturated rings. The molecule has 1 atom stereocenters. The van der Waals surface area contributed by atoms with Gasteiger partial charge in [0.05, 0.1) is 11.0 Å². The van der Waals surface area contributed by atoms with Gasteiger partial charge in [-0.15, -0.1) is 0 Å². The Morgan fingerprint density at radius 3 is 2.66 bits per heavy atom. The van der Waals surface area contributed by atoms with Gasteiger partial charge in [0, 0.05) is 25.4 Å². The number of imidazole rings is 1. The van der Waals surface area contributed by atoms with Crippen molar-refractivity contribution >= 4 is 23.0 Å². The highest BCUT2D eigenvalue weighted by Crippen LogP contribution is 2.27. The molecule has 3 N–H and O–H groups in total. The van der Waals surface area contributed by atoms with Gasteiger partial charge in [-0.3, -0.25) is 4.79 Å². The fourth-order valence-electron chi connectivity index (χ4n) is 3.84. The number of rotatable bonds is 7. The Bertz CT molecular complexity index is 801. The second kappa shape index (κ2) is 9.29. The first kappa shape index (κ1) is 21.1. The molecule has 1 heterocycles. The smallest absolute Gasteiger partial charge is 0.407 e. The molecule has 3 rings (SSSR count). The summed E-state index contributed by atoms with van der Waals surface area (Å²) in [6.45, 7) is 5.89. The molecule has 1 aliphatic carbocycles. The Hall–Kier alpha value is -2.57. The maximum atomic E-state index is 12.6. The van der Waals surface area contributed by atoms with Gasteiger partial charge >= 0.3 is 6.09 Å². The number of amides is 2. The van der Waals surface area contributed by atoms with Gasteiger partial charge in [0.15, 0.2) is 0 Å². The summed E-state index contributed by atoms with van der Waals surface area (Å²) in [7, 11) is 0. The van der Waals surface area contributed by atoms with E-state index in [1.54, 1.807) is 0 Å². The van der Waals surface area contributed by atoms with Crippen molar-refractivity contribution in [3.63, 3.8) is 0 Å². The zero-order chi connectivity index (χ0) is 20.9. The molecule has 1 unspecified atom stereocenters. The van der Waals surface area contributed by atoms with E-state index in [1.807, 2.05) is 45.0 Å². The van der Waals surface area contributed by atoms with Crippen molar-refractivity contribution < 1.29 is 14.3 Å². The van der Waals surface area contributed by atoms with Crippen molar-refractivity contribution in [3.8, 4) is 0 Å². The van der Waals surface area contributed by atoms with Crippen LogP contribution in [0.2, 0.25) is 0 Å². The standard InChI is InChI=1S/C22H32N4O3/c1-22(2,3)29-21(28)23-14-18(15-8-4-5-9-15)26-20(27)13-12-19-24-16-10-6-7-11-17(16)25-19/h6-7,10-11,15,18H,4-5,8-9,12-14H2,1-3H3,(H,23,28)(H,24,25)(H,26,27). The Morgan fingerprint density at radius 2 is 1.97 bits per heavy atom. The summed E-state index contributed by atoms with van der Waals surface area (Å²) >= 11 is 0. The number of hydrogen-bond donors (Lipinski definition) is 3. The number of fused-ring (bicyclic) bond motifs is 1. The summed E-state index contributed by atoms with van der Waals surface area (Å²) in [4.78, 5) is 32.4. The highest BCUT2D eigenvalue weighted by molar-refractivity contribution is 5.77. The first-order valence-corrected chi connectivity index (χ1v) is 10.5. The second-order valence-electron chi connectivity index (χ2n) is 8.80. The van der Waals surface area contributed by atoms with Crippen LogP contribution in [0.25, 0.3) is 11.0 Å². The van der Waals surface area contributed by atoms with E-state index in [1.165, 1.54) is 12.8 Å². The Labute approximate surface area is 172 Å². The fraction of sp³-hybridized carbons (Fsp3) is 0.591. The SMILES string of the molecule is CC(C)(C)OC(=O)NCC(NC(=O)CCc1nc2ccccc2[nH]1)C1CCCC1. The van der Waals surface area contributed by atoms with Gasteiger partial charge in [-0.25, -0.2) is 9.78 Å². The Balaban J connectivity index is 1.52. The zero-order valence-corrected chi connectivity index (χ0v) is 17.6. The number of carbonyl (C=O) groups excluding carboxylic acids is 2. The van der Waals surface area contributed by atoms with E-state index in [-0.39, 0.29) is 11.9 Å². The molecule has 158 valence electrons. The topological polar surface area (TPSA) is 96.1 Å². The minimum absolute atomic E-state index is 0.0201. The highest BCUT2D eigenvalue weighted by Gasteiger charge is 2.27. The normalized spacial score (nSPS) is 16.0. The molecule has 2 amide bonds. The third-order valence-corrected chi connectivity index (χ3v) is 5.21. The summed E-state index contributed by atoms with van der Waals surface area (Å²) in [6, 6.07) is 7.76. The monoisotopic (exact) mass is 400 g/mol. The van der Waals surface area contributed by atoms with Crippen LogP contribution >= 0.6 is 0 Å². The van der Waals surface area contributed by atoms with Gasteiger partial charge in [-0.2, -0.15) is 0 Å². The van der Waals surface area contributed by atoms with Gasteiger partial charge in [0.2, 0.25) is 5.91 Å². The van der Waals surface area contributed by atoms with E-state index in [2.05, 4.69) is 20.6 Å². The van der Waals surface area contributed by atoms with Crippen LogP contribution in [0.1, 0.15) is 58.7 Å². The van der Waals surface area contributed by atoms with Crippen LogP contribution in [0, 0.1) is 5.92 Å². The lowest BCUT2D eigenvalue weighted by atomic mass is 9.97. The van der Waals surface area contributed by atoms with Crippen LogP contribution < -0.4 is 10.6 Å². The largest absolute Gasteiger partial charge is 0.444 e. The number of aromatic nitrogens is 2. The average Bonchev–Trinajstić information content (AvgIpc) is 3.31. The van der Waals surface area contributed by atoms with Crippen molar-refractivity contribution in [2.45, 2.75) is 70.9 Å². The molecular weight excluding hydrogens is 368 g/mol. The van der Waals surface area contributed by atoms with Crippen molar-refractivity contribution in [2.75, 3.05) is 6.54 Å². The van der Waals surface area contributed by atoms with Crippen LogP contribution in [0.3, 0.4) is 0 Å². The van der Waals surface area contributed by atoms with Gasteiger partial charge < -0.3 is 20.4 Å². The molecule has 0 saturated heterocycles. The average molecular weight is 401 g/mol. The minimum Gasteiger partial charge on any atom is -0.444 e. The molecule has 1 saturated carbocycles. The predicted octanol–water partition coefficient (Wildman–Crippen LogP) is 3.70. The summed E-state index contributed by atoms with van der Waals surface area (Å²) in [5, 5.41) is 5.95. The number of nitrogens with one attached hydrogen (secondary N) is 3. The molecule has 1 aromatic carbocycles. The van der Waals surface area contributed by atoms with Crippen LogP contribution in [0.5, 0.6) is 0 Å². The quantitative estimate of drug-likeness (QED) is 0.660. The highest BCUT2D eigenvalue weighted by atomic mass is 16.6. The number of alkyl carbamates (subject to hydrolysis) is 1. The van der Waals surface area contributed by atoms with Crippen molar-refractivity contribution in [1.29, 1.82) is 0 Å². The lowest BCUT2D eigenvalue weighted by molar-refractivity contribution is -0.122.